The largest absolute Gasteiger partial charge is 0.297 e. The van der Waals surface area contributed by atoms with Crippen LogP contribution in [0.4, 0.5) is 0 Å². The van der Waals surface area contributed by atoms with Crippen LogP contribution in [0.15, 0.2) is 42.5 Å². The first kappa shape index (κ1) is 15.7. The smallest absolute Gasteiger partial charge is 0.157 e. The van der Waals surface area contributed by atoms with E-state index < -0.39 is 0 Å². The summed E-state index contributed by atoms with van der Waals surface area (Å²) in [5.74, 6) is 0.314. The molecule has 2 aromatic carbocycles. The lowest BCUT2D eigenvalue weighted by Gasteiger charge is -2.37. The van der Waals surface area contributed by atoms with Gasteiger partial charge in [-0.15, -0.1) is 0 Å². The number of carbonyl (C=O) groups is 1. The monoisotopic (exact) mass is 283 g/mol. The third-order valence-electron chi connectivity index (χ3n) is 4.78. The van der Waals surface area contributed by atoms with Crippen molar-refractivity contribution in [1.29, 1.82) is 0 Å². The molecule has 0 fully saturated rings. The molecular formula is C19H25NO. The number of hydrogen-bond donors (Lipinski definition) is 0. The van der Waals surface area contributed by atoms with Crippen LogP contribution in [0.5, 0.6) is 0 Å². The van der Waals surface area contributed by atoms with E-state index in [1.54, 1.807) is 0 Å². The van der Waals surface area contributed by atoms with Crippen LogP contribution in [0.25, 0.3) is 10.8 Å². The molecule has 2 heteroatoms. The molecule has 0 atom stereocenters. The quantitative estimate of drug-likeness (QED) is 0.796. The molecule has 0 bridgehead atoms. The number of carbonyl (C=O) groups excluding carboxylic acids is 1. The summed E-state index contributed by atoms with van der Waals surface area (Å²) < 4.78 is 0. The Morgan fingerprint density at radius 3 is 2.24 bits per heavy atom. The molecule has 2 aromatic rings. The van der Waals surface area contributed by atoms with E-state index in [2.05, 4.69) is 43.0 Å². The standard InChI is InChI=1S/C19H25NO/c1-5-19(6-2,20(3)4)18(21)14-16-12-9-11-15-10-7-8-13-17(15)16/h7-13H,5-6,14H2,1-4H3. The molecular weight excluding hydrogens is 258 g/mol. The highest BCUT2D eigenvalue weighted by molar-refractivity contribution is 5.95. The zero-order valence-electron chi connectivity index (χ0n) is 13.5. The molecule has 0 aliphatic rings. The summed E-state index contributed by atoms with van der Waals surface area (Å²) in [7, 11) is 4.02. The number of nitrogens with zero attached hydrogens (tertiary/aromatic N) is 1. The molecule has 0 aromatic heterocycles. The Bertz CT molecular complexity index is 621. The Balaban J connectivity index is 2.37. The third kappa shape index (κ3) is 2.86. The molecule has 0 spiro atoms. The molecule has 0 heterocycles. The van der Waals surface area contributed by atoms with Gasteiger partial charge in [0.25, 0.3) is 0 Å². The molecule has 2 rings (SSSR count). The Morgan fingerprint density at radius 2 is 1.62 bits per heavy atom. The van der Waals surface area contributed by atoms with Crippen molar-refractivity contribution in [2.75, 3.05) is 14.1 Å². The van der Waals surface area contributed by atoms with E-state index >= 15 is 0 Å². The summed E-state index contributed by atoms with van der Waals surface area (Å²) in [6, 6.07) is 14.5. The molecule has 0 saturated heterocycles. The van der Waals surface area contributed by atoms with E-state index in [0.29, 0.717) is 12.2 Å². The van der Waals surface area contributed by atoms with E-state index in [1.165, 1.54) is 10.8 Å². The fourth-order valence-corrected chi connectivity index (χ4v) is 3.31. The number of rotatable bonds is 6. The van der Waals surface area contributed by atoms with Gasteiger partial charge in [0.05, 0.1) is 5.54 Å². The first-order valence-electron chi connectivity index (χ1n) is 7.72. The van der Waals surface area contributed by atoms with E-state index in [0.717, 1.165) is 18.4 Å². The second-order valence-corrected chi connectivity index (χ2v) is 5.87. The van der Waals surface area contributed by atoms with Crippen molar-refractivity contribution in [3.63, 3.8) is 0 Å². The lowest BCUT2D eigenvalue weighted by Crippen LogP contribution is -2.50. The number of benzene rings is 2. The number of ketones is 1. The first-order chi connectivity index (χ1) is 10.0. The summed E-state index contributed by atoms with van der Waals surface area (Å²) in [4.78, 5) is 15.0. The Morgan fingerprint density at radius 1 is 1.00 bits per heavy atom. The van der Waals surface area contributed by atoms with Crippen LogP contribution in [-0.2, 0) is 11.2 Å². The van der Waals surface area contributed by atoms with Crippen molar-refractivity contribution in [1.82, 2.24) is 4.90 Å². The lowest BCUT2D eigenvalue weighted by atomic mass is 9.83. The second-order valence-electron chi connectivity index (χ2n) is 5.87. The first-order valence-corrected chi connectivity index (χ1v) is 7.72. The van der Waals surface area contributed by atoms with Crippen molar-refractivity contribution >= 4 is 16.6 Å². The van der Waals surface area contributed by atoms with Gasteiger partial charge in [-0.2, -0.15) is 0 Å². The molecule has 0 radical (unpaired) electrons. The van der Waals surface area contributed by atoms with Gasteiger partial charge in [0.15, 0.2) is 5.78 Å². The van der Waals surface area contributed by atoms with Crippen LogP contribution < -0.4 is 0 Å². The van der Waals surface area contributed by atoms with E-state index in [-0.39, 0.29) is 5.54 Å². The van der Waals surface area contributed by atoms with Gasteiger partial charge >= 0.3 is 0 Å². The zero-order chi connectivity index (χ0) is 15.5. The molecule has 21 heavy (non-hydrogen) atoms. The van der Waals surface area contributed by atoms with Crippen molar-refractivity contribution in [3.8, 4) is 0 Å². The summed E-state index contributed by atoms with van der Waals surface area (Å²) >= 11 is 0. The molecule has 0 aliphatic carbocycles. The number of fused-ring (bicyclic) bond motifs is 1. The van der Waals surface area contributed by atoms with Gasteiger partial charge < -0.3 is 0 Å². The topological polar surface area (TPSA) is 20.3 Å². The van der Waals surface area contributed by atoms with Gasteiger partial charge in [0.2, 0.25) is 0 Å². The SMILES string of the molecule is CCC(CC)(C(=O)Cc1cccc2ccccc12)N(C)C. The average molecular weight is 283 g/mol. The highest BCUT2D eigenvalue weighted by Crippen LogP contribution is 2.26. The van der Waals surface area contributed by atoms with Crippen LogP contribution in [0, 0.1) is 0 Å². The predicted molar refractivity (Wildman–Crippen MR) is 89.7 cm³/mol. The highest BCUT2D eigenvalue weighted by Gasteiger charge is 2.36. The third-order valence-corrected chi connectivity index (χ3v) is 4.78. The Labute approximate surface area is 127 Å². The minimum Gasteiger partial charge on any atom is -0.297 e. The van der Waals surface area contributed by atoms with Crippen LogP contribution in [0.1, 0.15) is 32.3 Å². The Hall–Kier alpha value is -1.67. The van der Waals surface area contributed by atoms with Crippen LogP contribution in [0.3, 0.4) is 0 Å². The molecule has 0 unspecified atom stereocenters. The van der Waals surface area contributed by atoms with Crippen molar-refractivity contribution < 1.29 is 4.79 Å². The van der Waals surface area contributed by atoms with Gasteiger partial charge in [0, 0.05) is 6.42 Å². The second kappa shape index (κ2) is 6.40. The molecule has 0 saturated carbocycles. The Kier molecular flexibility index (Phi) is 4.79. The summed E-state index contributed by atoms with van der Waals surface area (Å²) in [6.45, 7) is 4.20. The van der Waals surface area contributed by atoms with E-state index in [4.69, 9.17) is 0 Å². The number of hydrogen-bond acceptors (Lipinski definition) is 2. The van der Waals surface area contributed by atoms with Crippen LogP contribution in [0.2, 0.25) is 0 Å². The van der Waals surface area contributed by atoms with Gasteiger partial charge in [-0.1, -0.05) is 56.3 Å². The zero-order valence-corrected chi connectivity index (χ0v) is 13.5. The number of likely N-dealkylation sites (N-methyl/N-ethyl adjacent to an activating group) is 1. The maximum Gasteiger partial charge on any atom is 0.157 e. The predicted octanol–water partition coefficient (Wildman–Crippen LogP) is 4.07. The van der Waals surface area contributed by atoms with Crippen LogP contribution in [-0.4, -0.2) is 30.3 Å². The molecule has 0 aliphatic heterocycles. The van der Waals surface area contributed by atoms with Crippen LogP contribution >= 0.6 is 0 Å². The highest BCUT2D eigenvalue weighted by atomic mass is 16.1. The van der Waals surface area contributed by atoms with Gasteiger partial charge in [0.1, 0.15) is 0 Å². The maximum atomic E-state index is 12.9. The average Bonchev–Trinajstić information content (AvgIpc) is 2.49. The maximum absolute atomic E-state index is 12.9. The fraction of sp³-hybridized carbons (Fsp3) is 0.421. The van der Waals surface area contributed by atoms with Crippen molar-refractivity contribution in [2.24, 2.45) is 0 Å². The number of Topliss-reactive ketones (excluding diaryl/α,β-unsaturated/α-hetero) is 1. The van der Waals surface area contributed by atoms with Gasteiger partial charge in [-0.3, -0.25) is 9.69 Å². The molecule has 0 amide bonds. The lowest BCUT2D eigenvalue weighted by molar-refractivity contribution is -0.129. The molecule has 2 nitrogen and oxygen atoms in total. The van der Waals surface area contributed by atoms with Gasteiger partial charge in [-0.25, -0.2) is 0 Å². The summed E-state index contributed by atoms with van der Waals surface area (Å²) in [5, 5.41) is 2.39. The summed E-state index contributed by atoms with van der Waals surface area (Å²) in [6.07, 6.45) is 2.20. The fourth-order valence-electron chi connectivity index (χ4n) is 3.31. The van der Waals surface area contributed by atoms with E-state index in [9.17, 15) is 4.79 Å². The molecule has 112 valence electrons. The minimum atomic E-state index is -0.350. The van der Waals surface area contributed by atoms with Crippen molar-refractivity contribution in [3.05, 3.63) is 48.0 Å². The van der Waals surface area contributed by atoms with Gasteiger partial charge in [-0.05, 0) is 43.3 Å². The van der Waals surface area contributed by atoms with E-state index in [1.807, 2.05) is 32.3 Å². The minimum absolute atomic E-state index is 0.314. The van der Waals surface area contributed by atoms with Crippen molar-refractivity contribution in [2.45, 2.75) is 38.6 Å². The normalized spacial score (nSPS) is 12.0. The summed E-state index contributed by atoms with van der Waals surface area (Å²) in [5.41, 5.74) is 0.781. The molecule has 0 N–H and O–H groups in total.